The van der Waals surface area contributed by atoms with Crippen LogP contribution in [0.1, 0.15) is 29.2 Å². The molecule has 1 atom stereocenters. The molecule has 0 heterocycles. The number of fused-ring (bicyclic) bond motifs is 1. The molecule has 1 aliphatic rings. The Bertz CT molecular complexity index is 550. The van der Waals surface area contributed by atoms with E-state index in [0.29, 0.717) is 6.54 Å². The van der Waals surface area contributed by atoms with Gasteiger partial charge in [-0.05, 0) is 48.1 Å². The van der Waals surface area contributed by atoms with Crippen LogP contribution < -0.4 is 10.5 Å². The van der Waals surface area contributed by atoms with E-state index >= 15 is 0 Å². The summed E-state index contributed by atoms with van der Waals surface area (Å²) < 4.78 is 6.05. The van der Waals surface area contributed by atoms with E-state index in [1.54, 1.807) is 0 Å². The van der Waals surface area contributed by atoms with Crippen molar-refractivity contribution in [1.29, 1.82) is 0 Å². The van der Waals surface area contributed by atoms with Gasteiger partial charge in [0, 0.05) is 6.54 Å². The summed E-state index contributed by atoms with van der Waals surface area (Å²) in [5.41, 5.74) is 9.87. The molecule has 2 aromatic carbocycles. The Morgan fingerprint density at radius 3 is 2.58 bits per heavy atom. The lowest BCUT2D eigenvalue weighted by atomic mass is 10.1. The zero-order valence-electron chi connectivity index (χ0n) is 11.0. The summed E-state index contributed by atoms with van der Waals surface area (Å²) in [4.78, 5) is 0. The number of nitrogens with two attached hydrogens (primary N) is 1. The van der Waals surface area contributed by atoms with Crippen LogP contribution in [0.4, 0.5) is 0 Å². The average molecular weight is 253 g/mol. The molecule has 0 spiro atoms. The van der Waals surface area contributed by atoms with E-state index in [0.717, 1.165) is 11.3 Å². The van der Waals surface area contributed by atoms with Crippen molar-refractivity contribution in [1.82, 2.24) is 0 Å². The van der Waals surface area contributed by atoms with Crippen LogP contribution in [0.2, 0.25) is 0 Å². The van der Waals surface area contributed by atoms with E-state index < -0.39 is 0 Å². The molecule has 0 amide bonds. The average Bonchev–Trinajstić information content (AvgIpc) is 2.93. The van der Waals surface area contributed by atoms with Gasteiger partial charge in [0.15, 0.2) is 0 Å². The molecule has 0 bridgehead atoms. The Labute approximate surface area is 114 Å². The maximum absolute atomic E-state index is 6.05. The van der Waals surface area contributed by atoms with Gasteiger partial charge in [0.1, 0.15) is 11.9 Å². The minimum atomic E-state index is -0.0688. The van der Waals surface area contributed by atoms with Crippen LogP contribution in [0, 0.1) is 0 Å². The highest BCUT2D eigenvalue weighted by molar-refractivity contribution is 5.38. The van der Waals surface area contributed by atoms with E-state index in [1.807, 2.05) is 18.2 Å². The van der Waals surface area contributed by atoms with Crippen LogP contribution in [-0.4, -0.2) is 6.54 Å². The van der Waals surface area contributed by atoms with E-state index in [1.165, 1.54) is 30.4 Å². The summed E-state index contributed by atoms with van der Waals surface area (Å²) in [6.07, 6.45) is 3.57. The van der Waals surface area contributed by atoms with E-state index in [4.69, 9.17) is 10.5 Å². The van der Waals surface area contributed by atoms with Crippen LogP contribution >= 0.6 is 0 Å². The zero-order chi connectivity index (χ0) is 13.1. The Balaban J connectivity index is 1.80. The molecule has 0 saturated carbocycles. The fraction of sp³-hybridized carbons (Fsp3) is 0.294. The van der Waals surface area contributed by atoms with Crippen molar-refractivity contribution in [2.24, 2.45) is 5.73 Å². The van der Waals surface area contributed by atoms with Gasteiger partial charge in [-0.2, -0.15) is 0 Å². The second-order valence-corrected chi connectivity index (χ2v) is 5.04. The Morgan fingerprint density at radius 2 is 1.79 bits per heavy atom. The van der Waals surface area contributed by atoms with Gasteiger partial charge in [0.2, 0.25) is 0 Å². The SMILES string of the molecule is NCC(Oc1ccc2c(c1)CCC2)c1ccccc1. The number of rotatable bonds is 4. The van der Waals surface area contributed by atoms with Crippen LogP contribution in [-0.2, 0) is 12.8 Å². The van der Waals surface area contributed by atoms with Gasteiger partial charge in [-0.25, -0.2) is 0 Å². The highest BCUT2D eigenvalue weighted by Gasteiger charge is 2.14. The molecule has 98 valence electrons. The minimum Gasteiger partial charge on any atom is -0.484 e. The molecule has 2 N–H and O–H groups in total. The first-order valence-corrected chi connectivity index (χ1v) is 6.90. The van der Waals surface area contributed by atoms with Gasteiger partial charge >= 0.3 is 0 Å². The first-order chi connectivity index (χ1) is 9.36. The molecule has 2 aromatic rings. The van der Waals surface area contributed by atoms with Gasteiger partial charge in [-0.1, -0.05) is 36.4 Å². The molecule has 1 aliphatic carbocycles. The summed E-state index contributed by atoms with van der Waals surface area (Å²) in [5, 5.41) is 0. The van der Waals surface area contributed by atoms with Crippen molar-refractivity contribution in [2.75, 3.05) is 6.54 Å². The fourth-order valence-electron chi connectivity index (χ4n) is 2.71. The highest BCUT2D eigenvalue weighted by atomic mass is 16.5. The van der Waals surface area contributed by atoms with Gasteiger partial charge in [-0.3, -0.25) is 0 Å². The normalized spacial score (nSPS) is 15.0. The number of hydrogen-bond acceptors (Lipinski definition) is 2. The lowest BCUT2D eigenvalue weighted by Gasteiger charge is -2.18. The third-order valence-corrected chi connectivity index (χ3v) is 3.73. The summed E-state index contributed by atoms with van der Waals surface area (Å²) in [5.74, 6) is 0.931. The highest BCUT2D eigenvalue weighted by Crippen LogP contribution is 2.28. The van der Waals surface area contributed by atoms with Gasteiger partial charge in [0.05, 0.1) is 0 Å². The maximum Gasteiger partial charge on any atom is 0.136 e. The smallest absolute Gasteiger partial charge is 0.136 e. The second kappa shape index (κ2) is 5.45. The molecule has 3 rings (SSSR count). The van der Waals surface area contributed by atoms with Crippen LogP contribution in [0.25, 0.3) is 0 Å². The van der Waals surface area contributed by atoms with Gasteiger partial charge in [0.25, 0.3) is 0 Å². The lowest BCUT2D eigenvalue weighted by Crippen LogP contribution is -2.18. The molecule has 2 heteroatoms. The van der Waals surface area contributed by atoms with Crippen molar-refractivity contribution in [3.05, 3.63) is 65.2 Å². The van der Waals surface area contributed by atoms with E-state index in [9.17, 15) is 0 Å². The Hall–Kier alpha value is -1.80. The van der Waals surface area contributed by atoms with Gasteiger partial charge in [-0.15, -0.1) is 0 Å². The monoisotopic (exact) mass is 253 g/mol. The predicted octanol–water partition coefficient (Wildman–Crippen LogP) is 3.25. The molecule has 0 aliphatic heterocycles. The molecule has 0 fully saturated rings. The standard InChI is InChI=1S/C17H19NO/c18-12-17(14-5-2-1-3-6-14)19-16-10-9-13-7-4-8-15(13)11-16/h1-3,5-6,9-11,17H,4,7-8,12,18H2. The molecule has 0 radical (unpaired) electrons. The van der Waals surface area contributed by atoms with Crippen molar-refractivity contribution in [2.45, 2.75) is 25.4 Å². The third kappa shape index (κ3) is 2.64. The van der Waals surface area contributed by atoms with Gasteiger partial charge < -0.3 is 10.5 Å². The largest absolute Gasteiger partial charge is 0.484 e. The summed E-state index contributed by atoms with van der Waals surface area (Å²) in [6, 6.07) is 16.6. The molecular formula is C17H19NO. The Kier molecular flexibility index (Phi) is 3.51. The van der Waals surface area contributed by atoms with Crippen molar-refractivity contribution >= 4 is 0 Å². The molecule has 0 aromatic heterocycles. The van der Waals surface area contributed by atoms with Crippen molar-refractivity contribution < 1.29 is 4.74 Å². The quantitative estimate of drug-likeness (QED) is 0.907. The summed E-state index contributed by atoms with van der Waals surface area (Å²) in [7, 11) is 0. The second-order valence-electron chi connectivity index (χ2n) is 5.04. The fourth-order valence-corrected chi connectivity index (χ4v) is 2.71. The van der Waals surface area contributed by atoms with E-state index in [2.05, 4.69) is 30.3 Å². The molecule has 0 saturated heterocycles. The van der Waals surface area contributed by atoms with Crippen LogP contribution in [0.15, 0.2) is 48.5 Å². The predicted molar refractivity (Wildman–Crippen MR) is 77.3 cm³/mol. The topological polar surface area (TPSA) is 35.2 Å². The first-order valence-electron chi connectivity index (χ1n) is 6.90. The van der Waals surface area contributed by atoms with Crippen LogP contribution in [0.5, 0.6) is 5.75 Å². The summed E-state index contributed by atoms with van der Waals surface area (Å²) >= 11 is 0. The third-order valence-electron chi connectivity index (χ3n) is 3.73. The number of benzene rings is 2. The first kappa shape index (κ1) is 12.2. The lowest BCUT2D eigenvalue weighted by molar-refractivity contribution is 0.214. The molecular weight excluding hydrogens is 234 g/mol. The number of ether oxygens (including phenoxy) is 1. The number of hydrogen-bond donors (Lipinski definition) is 1. The zero-order valence-corrected chi connectivity index (χ0v) is 11.0. The number of aryl methyl sites for hydroxylation is 2. The molecule has 19 heavy (non-hydrogen) atoms. The minimum absolute atomic E-state index is 0.0688. The maximum atomic E-state index is 6.05. The Morgan fingerprint density at radius 1 is 1.00 bits per heavy atom. The van der Waals surface area contributed by atoms with E-state index in [-0.39, 0.29) is 6.10 Å². The molecule has 1 unspecified atom stereocenters. The summed E-state index contributed by atoms with van der Waals surface area (Å²) in [6.45, 7) is 0.487. The molecule has 2 nitrogen and oxygen atoms in total. The van der Waals surface area contributed by atoms with Crippen LogP contribution in [0.3, 0.4) is 0 Å². The van der Waals surface area contributed by atoms with Crippen molar-refractivity contribution in [3.63, 3.8) is 0 Å². The van der Waals surface area contributed by atoms with Crippen molar-refractivity contribution in [3.8, 4) is 5.75 Å².